The Kier molecular flexibility index (Phi) is 3.58. The average Bonchev–Trinajstić information content (AvgIpc) is 2.28. The number of anilines is 1. The Morgan fingerprint density at radius 1 is 1.17 bits per heavy atom. The molecule has 0 saturated carbocycles. The number of nitrogens with one attached hydrogen (secondary N) is 1. The van der Waals surface area contributed by atoms with Crippen LogP contribution in [0.5, 0.6) is 0 Å². The molecule has 1 amide bonds. The highest BCUT2D eigenvalue weighted by Gasteiger charge is 2.08. The van der Waals surface area contributed by atoms with Crippen LogP contribution in [0.2, 0.25) is 5.15 Å². The van der Waals surface area contributed by atoms with Crippen LogP contribution < -0.4 is 5.32 Å². The first-order valence-electron chi connectivity index (χ1n) is 5.44. The second-order valence-corrected chi connectivity index (χ2v) is 4.36. The summed E-state index contributed by atoms with van der Waals surface area (Å²) in [5.74, 6) is -0.0396. The lowest BCUT2D eigenvalue weighted by molar-refractivity contribution is 0.102. The van der Waals surface area contributed by atoms with Gasteiger partial charge in [0.1, 0.15) is 5.15 Å². The summed E-state index contributed by atoms with van der Waals surface area (Å²) in [6.07, 6.45) is 0. The fourth-order valence-electron chi connectivity index (χ4n) is 1.46. The van der Waals surface area contributed by atoms with Crippen molar-refractivity contribution in [1.82, 2.24) is 9.97 Å². The highest BCUT2D eigenvalue weighted by molar-refractivity contribution is 6.29. The van der Waals surface area contributed by atoms with Crippen molar-refractivity contribution in [2.24, 2.45) is 0 Å². The van der Waals surface area contributed by atoms with Gasteiger partial charge in [-0.3, -0.25) is 10.1 Å². The Hall–Kier alpha value is -1.94. The lowest BCUT2D eigenvalue weighted by Crippen LogP contribution is -2.14. The summed E-state index contributed by atoms with van der Waals surface area (Å²) in [6, 6.07) is 8.88. The van der Waals surface area contributed by atoms with Crippen molar-refractivity contribution >= 4 is 23.5 Å². The largest absolute Gasteiger partial charge is 0.290 e. The quantitative estimate of drug-likeness (QED) is 0.846. The van der Waals surface area contributed by atoms with E-state index < -0.39 is 0 Å². The molecule has 1 heterocycles. The molecule has 5 heteroatoms. The van der Waals surface area contributed by atoms with Crippen LogP contribution in [-0.2, 0) is 0 Å². The number of benzene rings is 1. The molecule has 0 atom stereocenters. The number of carbonyl (C=O) groups excluding carboxylic acids is 1. The Morgan fingerprint density at radius 3 is 2.44 bits per heavy atom. The number of hydrogen-bond donors (Lipinski definition) is 1. The third-order valence-electron chi connectivity index (χ3n) is 2.36. The molecule has 0 aliphatic carbocycles. The van der Waals surface area contributed by atoms with Gasteiger partial charge in [-0.05, 0) is 32.0 Å². The van der Waals surface area contributed by atoms with Gasteiger partial charge in [0.2, 0.25) is 5.95 Å². The van der Waals surface area contributed by atoms with Gasteiger partial charge in [-0.25, -0.2) is 9.97 Å². The number of amides is 1. The lowest BCUT2D eigenvalue weighted by Gasteiger charge is -2.05. The first kappa shape index (κ1) is 12.5. The molecule has 4 nitrogen and oxygen atoms in total. The fourth-order valence-corrected chi connectivity index (χ4v) is 1.70. The second kappa shape index (κ2) is 5.14. The molecule has 1 aromatic carbocycles. The van der Waals surface area contributed by atoms with Gasteiger partial charge in [0, 0.05) is 11.3 Å². The van der Waals surface area contributed by atoms with Crippen LogP contribution in [0.1, 0.15) is 21.6 Å². The van der Waals surface area contributed by atoms with Crippen LogP contribution in [0.25, 0.3) is 0 Å². The molecule has 2 aromatic rings. The highest BCUT2D eigenvalue weighted by atomic mass is 35.5. The zero-order chi connectivity index (χ0) is 13.1. The molecule has 0 aliphatic rings. The van der Waals surface area contributed by atoms with E-state index in [9.17, 15) is 4.79 Å². The van der Waals surface area contributed by atoms with E-state index in [1.165, 1.54) is 0 Å². The SMILES string of the molecule is Cc1ccc(C(=O)Nc2nc(C)cc(Cl)n2)cc1. The molecule has 0 unspecified atom stereocenters. The van der Waals surface area contributed by atoms with Gasteiger partial charge in [-0.15, -0.1) is 0 Å². The number of aromatic nitrogens is 2. The normalized spacial score (nSPS) is 10.2. The first-order chi connectivity index (χ1) is 8.54. The van der Waals surface area contributed by atoms with E-state index in [-0.39, 0.29) is 11.9 Å². The predicted molar refractivity (Wildman–Crippen MR) is 70.9 cm³/mol. The van der Waals surface area contributed by atoms with Crippen molar-refractivity contribution in [2.75, 3.05) is 5.32 Å². The van der Waals surface area contributed by atoms with Crippen LogP contribution >= 0.6 is 11.6 Å². The lowest BCUT2D eigenvalue weighted by atomic mass is 10.1. The number of nitrogens with zero attached hydrogens (tertiary/aromatic N) is 2. The third-order valence-corrected chi connectivity index (χ3v) is 2.56. The second-order valence-electron chi connectivity index (χ2n) is 3.98. The van der Waals surface area contributed by atoms with E-state index in [1.54, 1.807) is 25.1 Å². The van der Waals surface area contributed by atoms with E-state index in [4.69, 9.17) is 11.6 Å². The average molecular weight is 262 g/mol. The van der Waals surface area contributed by atoms with E-state index >= 15 is 0 Å². The van der Waals surface area contributed by atoms with Gasteiger partial charge in [0.25, 0.3) is 5.91 Å². The molecule has 1 N–H and O–H groups in total. The highest BCUT2D eigenvalue weighted by Crippen LogP contribution is 2.11. The maximum absolute atomic E-state index is 11.9. The summed E-state index contributed by atoms with van der Waals surface area (Å²) in [4.78, 5) is 19.9. The molecule has 0 saturated heterocycles. The van der Waals surface area contributed by atoms with Gasteiger partial charge in [-0.2, -0.15) is 0 Å². The summed E-state index contributed by atoms with van der Waals surface area (Å²) in [6.45, 7) is 3.75. The van der Waals surface area contributed by atoms with Gasteiger partial charge in [0.15, 0.2) is 0 Å². The van der Waals surface area contributed by atoms with E-state index in [0.29, 0.717) is 16.4 Å². The smallest absolute Gasteiger partial charge is 0.258 e. The van der Waals surface area contributed by atoms with E-state index in [0.717, 1.165) is 5.56 Å². The molecule has 1 aromatic heterocycles. The van der Waals surface area contributed by atoms with Crippen LogP contribution in [0.4, 0.5) is 5.95 Å². The van der Waals surface area contributed by atoms with Crippen molar-refractivity contribution in [3.05, 3.63) is 52.3 Å². The number of aryl methyl sites for hydroxylation is 2. The monoisotopic (exact) mass is 261 g/mol. The van der Waals surface area contributed by atoms with Crippen molar-refractivity contribution in [3.63, 3.8) is 0 Å². The molecular formula is C13H12ClN3O. The van der Waals surface area contributed by atoms with Crippen molar-refractivity contribution in [2.45, 2.75) is 13.8 Å². The molecule has 0 radical (unpaired) electrons. The van der Waals surface area contributed by atoms with Crippen LogP contribution in [0.15, 0.2) is 30.3 Å². The zero-order valence-corrected chi connectivity index (χ0v) is 10.8. The van der Waals surface area contributed by atoms with Crippen molar-refractivity contribution < 1.29 is 4.79 Å². The van der Waals surface area contributed by atoms with Crippen molar-refractivity contribution in [3.8, 4) is 0 Å². The number of rotatable bonds is 2. The first-order valence-corrected chi connectivity index (χ1v) is 5.81. The summed E-state index contributed by atoms with van der Waals surface area (Å²) in [5.41, 5.74) is 2.36. The Labute approximate surface area is 110 Å². The van der Waals surface area contributed by atoms with E-state index in [1.807, 2.05) is 19.1 Å². The molecule has 0 spiro atoms. The minimum Gasteiger partial charge on any atom is -0.290 e. The maximum atomic E-state index is 11.9. The maximum Gasteiger partial charge on any atom is 0.258 e. The number of carbonyl (C=O) groups is 1. The van der Waals surface area contributed by atoms with Gasteiger partial charge >= 0.3 is 0 Å². The predicted octanol–water partition coefficient (Wildman–Crippen LogP) is 3.00. The number of halogens is 1. The fraction of sp³-hybridized carbons (Fsp3) is 0.154. The Balaban J connectivity index is 2.18. The van der Waals surface area contributed by atoms with Gasteiger partial charge < -0.3 is 0 Å². The van der Waals surface area contributed by atoms with Crippen LogP contribution in [0, 0.1) is 13.8 Å². The summed E-state index contributed by atoms with van der Waals surface area (Å²) < 4.78 is 0. The number of hydrogen-bond acceptors (Lipinski definition) is 3. The Bertz CT molecular complexity index is 561. The summed E-state index contributed by atoms with van der Waals surface area (Å²) >= 11 is 5.80. The Morgan fingerprint density at radius 2 is 1.83 bits per heavy atom. The topological polar surface area (TPSA) is 54.9 Å². The molecule has 0 fully saturated rings. The van der Waals surface area contributed by atoms with Crippen LogP contribution in [-0.4, -0.2) is 15.9 Å². The standard InChI is InChI=1S/C13H12ClN3O/c1-8-3-5-10(6-4-8)12(18)17-13-15-9(2)7-11(14)16-13/h3-7H,1-2H3,(H,15,16,17,18). The molecule has 2 rings (SSSR count). The van der Waals surface area contributed by atoms with Gasteiger partial charge in [-0.1, -0.05) is 29.3 Å². The van der Waals surface area contributed by atoms with Crippen molar-refractivity contribution in [1.29, 1.82) is 0 Å². The summed E-state index contributed by atoms with van der Waals surface area (Å²) in [7, 11) is 0. The van der Waals surface area contributed by atoms with Gasteiger partial charge in [0.05, 0.1) is 0 Å². The molecule has 0 aliphatic heterocycles. The van der Waals surface area contributed by atoms with Crippen LogP contribution in [0.3, 0.4) is 0 Å². The minimum atomic E-state index is -0.253. The molecular weight excluding hydrogens is 250 g/mol. The molecule has 92 valence electrons. The molecule has 0 bridgehead atoms. The third kappa shape index (κ3) is 3.05. The minimum absolute atomic E-state index is 0.213. The molecule has 18 heavy (non-hydrogen) atoms. The van der Waals surface area contributed by atoms with E-state index in [2.05, 4.69) is 15.3 Å². The summed E-state index contributed by atoms with van der Waals surface area (Å²) in [5, 5.41) is 2.92. The zero-order valence-electron chi connectivity index (χ0n) is 10.1.